The molecule has 2 heteroatoms. The molecule has 2 rings (SSSR count). The maximum Gasteiger partial charge on any atom is 0.131 e. The molecule has 1 aliphatic heterocycles. The zero-order valence-electron chi connectivity index (χ0n) is 11.2. The van der Waals surface area contributed by atoms with Gasteiger partial charge in [0.15, 0.2) is 0 Å². The highest BCUT2D eigenvalue weighted by molar-refractivity contribution is 5.17. The first-order chi connectivity index (χ1) is 8.12. The highest BCUT2D eigenvalue weighted by atomic mass is 16.3. The van der Waals surface area contributed by atoms with E-state index in [1.54, 1.807) is 0 Å². The fourth-order valence-corrected chi connectivity index (χ4v) is 3.92. The van der Waals surface area contributed by atoms with Gasteiger partial charge < -0.3 is 5.11 Å². The van der Waals surface area contributed by atoms with E-state index in [1.165, 1.54) is 25.7 Å². The van der Waals surface area contributed by atoms with Gasteiger partial charge in [-0.15, -0.1) is 6.42 Å². The fraction of sp³-hybridized carbons (Fsp3) is 0.867. The molecule has 17 heavy (non-hydrogen) atoms. The normalized spacial score (nSPS) is 42.8. The Labute approximate surface area is 105 Å². The summed E-state index contributed by atoms with van der Waals surface area (Å²) in [6, 6.07) is 0.920. The second-order valence-electron chi connectivity index (χ2n) is 5.82. The number of aliphatic hydroxyl groups is 1. The Hall–Kier alpha value is -0.520. The number of hydrogen-bond donors (Lipinski definition) is 1. The van der Waals surface area contributed by atoms with Gasteiger partial charge in [-0.1, -0.05) is 25.7 Å². The van der Waals surface area contributed by atoms with Gasteiger partial charge in [-0.25, -0.2) is 0 Å². The summed E-state index contributed by atoms with van der Waals surface area (Å²) in [5.74, 6) is 3.00. The third kappa shape index (κ3) is 2.23. The summed E-state index contributed by atoms with van der Waals surface area (Å²) in [4.78, 5) is 2.59. The largest absolute Gasteiger partial charge is 0.377 e. The van der Waals surface area contributed by atoms with Crippen LogP contribution in [0.1, 0.15) is 52.4 Å². The minimum absolute atomic E-state index is 0.295. The maximum atomic E-state index is 10.7. The molecule has 2 fully saturated rings. The predicted molar refractivity (Wildman–Crippen MR) is 70.6 cm³/mol. The molecular formula is C15H25NO. The van der Waals surface area contributed by atoms with E-state index >= 15 is 0 Å². The summed E-state index contributed by atoms with van der Waals surface area (Å²) in [6.07, 6.45) is 12.3. The lowest BCUT2D eigenvalue weighted by molar-refractivity contribution is -0.100. The van der Waals surface area contributed by atoms with E-state index in [1.807, 2.05) is 0 Å². The van der Waals surface area contributed by atoms with Crippen LogP contribution in [0.25, 0.3) is 0 Å². The average molecular weight is 235 g/mol. The van der Waals surface area contributed by atoms with Crippen molar-refractivity contribution < 1.29 is 5.11 Å². The van der Waals surface area contributed by atoms with E-state index in [4.69, 9.17) is 6.42 Å². The lowest BCUT2D eigenvalue weighted by Crippen LogP contribution is -2.61. The Balaban J connectivity index is 2.23. The molecule has 2 aliphatic rings. The quantitative estimate of drug-likeness (QED) is 0.743. The molecule has 4 unspecified atom stereocenters. The molecule has 0 amide bonds. The van der Waals surface area contributed by atoms with Crippen LogP contribution in [0.5, 0.6) is 0 Å². The molecule has 0 aromatic heterocycles. The first-order valence-electron chi connectivity index (χ1n) is 7.08. The molecule has 0 aromatic carbocycles. The first kappa shape index (κ1) is 12.9. The van der Waals surface area contributed by atoms with Crippen molar-refractivity contribution in [2.75, 3.05) is 6.54 Å². The molecule has 1 heterocycles. The van der Waals surface area contributed by atoms with Crippen molar-refractivity contribution >= 4 is 0 Å². The van der Waals surface area contributed by atoms with Crippen molar-refractivity contribution in [1.29, 1.82) is 0 Å². The monoisotopic (exact) mass is 235 g/mol. The van der Waals surface area contributed by atoms with E-state index in [9.17, 15) is 5.11 Å². The second kappa shape index (κ2) is 5.00. The van der Waals surface area contributed by atoms with E-state index in [0.29, 0.717) is 18.0 Å². The summed E-state index contributed by atoms with van der Waals surface area (Å²) in [5.41, 5.74) is -0.852. The van der Waals surface area contributed by atoms with Gasteiger partial charge in [0.1, 0.15) is 5.60 Å². The number of hydrogen-bond acceptors (Lipinski definition) is 2. The zero-order valence-corrected chi connectivity index (χ0v) is 11.2. The highest BCUT2D eigenvalue weighted by Crippen LogP contribution is 2.43. The highest BCUT2D eigenvalue weighted by Gasteiger charge is 2.49. The van der Waals surface area contributed by atoms with E-state index in [2.05, 4.69) is 24.7 Å². The predicted octanol–water partition coefficient (Wildman–Crippen LogP) is 2.41. The molecule has 2 nitrogen and oxygen atoms in total. The molecule has 1 aliphatic carbocycles. The summed E-state index contributed by atoms with van der Waals surface area (Å²) < 4.78 is 0. The molecule has 4 atom stereocenters. The number of piperidine rings is 1. The van der Waals surface area contributed by atoms with Crippen LogP contribution >= 0.6 is 0 Å². The second-order valence-corrected chi connectivity index (χ2v) is 5.82. The topological polar surface area (TPSA) is 23.5 Å². The minimum Gasteiger partial charge on any atom is -0.377 e. The summed E-state index contributed by atoms with van der Waals surface area (Å²) in [6.45, 7) is 5.58. The Kier molecular flexibility index (Phi) is 3.80. The van der Waals surface area contributed by atoms with Crippen LogP contribution in [0, 0.1) is 18.3 Å². The number of terminal acetylenes is 1. The van der Waals surface area contributed by atoms with Gasteiger partial charge in [-0.05, 0) is 32.7 Å². The summed E-state index contributed by atoms with van der Waals surface area (Å²) in [5, 5.41) is 10.7. The van der Waals surface area contributed by atoms with Crippen molar-refractivity contribution in [2.45, 2.75) is 70.1 Å². The van der Waals surface area contributed by atoms with Gasteiger partial charge in [0.25, 0.3) is 0 Å². The average Bonchev–Trinajstić information content (AvgIpc) is 2.34. The Bertz CT molecular complexity index is 309. The van der Waals surface area contributed by atoms with Crippen molar-refractivity contribution in [3.05, 3.63) is 0 Å². The van der Waals surface area contributed by atoms with Gasteiger partial charge in [-0.2, -0.15) is 0 Å². The fourth-order valence-electron chi connectivity index (χ4n) is 3.92. The Morgan fingerprint density at radius 1 is 1.41 bits per heavy atom. The number of fused-ring (bicyclic) bond motifs is 1. The van der Waals surface area contributed by atoms with Gasteiger partial charge >= 0.3 is 0 Å². The van der Waals surface area contributed by atoms with Crippen LogP contribution < -0.4 is 0 Å². The van der Waals surface area contributed by atoms with Gasteiger partial charge in [0.2, 0.25) is 0 Å². The molecule has 0 radical (unpaired) electrons. The lowest BCUT2D eigenvalue weighted by atomic mass is 9.67. The van der Waals surface area contributed by atoms with Crippen molar-refractivity contribution in [3.63, 3.8) is 0 Å². The molecule has 1 saturated heterocycles. The number of nitrogens with zero attached hydrogens (tertiary/aromatic N) is 1. The van der Waals surface area contributed by atoms with Crippen LogP contribution in [0.15, 0.2) is 0 Å². The molecule has 96 valence electrons. The van der Waals surface area contributed by atoms with E-state index < -0.39 is 5.60 Å². The summed E-state index contributed by atoms with van der Waals surface area (Å²) in [7, 11) is 0. The SMILES string of the molecule is C#CC1(O)CC(C)N(CCC)C2CCCCC21. The third-order valence-corrected chi connectivity index (χ3v) is 4.67. The van der Waals surface area contributed by atoms with E-state index in [0.717, 1.165) is 19.4 Å². The number of rotatable bonds is 2. The minimum atomic E-state index is -0.852. The first-order valence-corrected chi connectivity index (χ1v) is 7.08. The maximum absolute atomic E-state index is 10.7. The molecule has 1 saturated carbocycles. The van der Waals surface area contributed by atoms with E-state index in [-0.39, 0.29) is 0 Å². The number of likely N-dealkylation sites (tertiary alicyclic amines) is 1. The smallest absolute Gasteiger partial charge is 0.131 e. The van der Waals surface area contributed by atoms with Gasteiger partial charge in [0.05, 0.1) is 0 Å². The third-order valence-electron chi connectivity index (χ3n) is 4.67. The van der Waals surface area contributed by atoms with Crippen LogP contribution in [0.2, 0.25) is 0 Å². The Morgan fingerprint density at radius 3 is 2.76 bits per heavy atom. The van der Waals surface area contributed by atoms with Crippen molar-refractivity contribution in [3.8, 4) is 12.3 Å². The van der Waals surface area contributed by atoms with Crippen molar-refractivity contribution in [2.24, 2.45) is 5.92 Å². The lowest BCUT2D eigenvalue weighted by Gasteiger charge is -2.53. The zero-order chi connectivity index (χ0) is 12.5. The van der Waals surface area contributed by atoms with Gasteiger partial charge in [-0.3, -0.25) is 4.90 Å². The van der Waals surface area contributed by atoms with Crippen molar-refractivity contribution in [1.82, 2.24) is 4.90 Å². The molecule has 0 bridgehead atoms. The molecule has 0 spiro atoms. The standard InChI is InChI=1S/C15H25NO/c1-4-10-16-12(3)11-15(17,5-2)13-8-6-7-9-14(13)16/h2,12-14,17H,4,6-11H2,1,3H3. The van der Waals surface area contributed by atoms with Crippen LogP contribution in [0.4, 0.5) is 0 Å². The summed E-state index contributed by atoms with van der Waals surface area (Å²) >= 11 is 0. The van der Waals surface area contributed by atoms with Gasteiger partial charge in [0, 0.05) is 24.4 Å². The van der Waals surface area contributed by atoms with Crippen LogP contribution in [0.3, 0.4) is 0 Å². The van der Waals surface area contributed by atoms with Crippen LogP contribution in [-0.4, -0.2) is 34.2 Å². The molecular weight excluding hydrogens is 210 g/mol. The Morgan fingerprint density at radius 2 is 2.12 bits per heavy atom. The molecule has 1 N–H and O–H groups in total. The van der Waals surface area contributed by atoms with Crippen LogP contribution in [-0.2, 0) is 0 Å². The molecule has 0 aromatic rings.